The Kier molecular flexibility index (Phi) is 6.69. The number of hydrogen-bond acceptors (Lipinski definition) is 2. The lowest BCUT2D eigenvalue weighted by atomic mass is 9.94. The van der Waals surface area contributed by atoms with E-state index < -0.39 is 0 Å². The summed E-state index contributed by atoms with van der Waals surface area (Å²) in [7, 11) is 0. The minimum Gasteiger partial charge on any atom is -0.339 e. The van der Waals surface area contributed by atoms with Gasteiger partial charge in [-0.3, -0.25) is 9.59 Å². The van der Waals surface area contributed by atoms with Crippen molar-refractivity contribution in [2.45, 2.75) is 33.1 Å². The molecule has 0 bridgehead atoms. The molecule has 4 heteroatoms. The van der Waals surface area contributed by atoms with Crippen molar-refractivity contribution < 1.29 is 9.59 Å². The second-order valence-electron chi connectivity index (χ2n) is 8.46. The summed E-state index contributed by atoms with van der Waals surface area (Å²) in [5, 5.41) is 3.15. The Morgan fingerprint density at radius 2 is 1.53 bits per heavy atom. The van der Waals surface area contributed by atoms with E-state index in [1.54, 1.807) is 0 Å². The van der Waals surface area contributed by atoms with Gasteiger partial charge in [-0.25, -0.2) is 0 Å². The maximum atomic E-state index is 13.0. The number of likely N-dealkylation sites (tertiary alicyclic amines) is 1. The fourth-order valence-corrected chi connectivity index (χ4v) is 4.39. The molecule has 4 rings (SSSR count). The summed E-state index contributed by atoms with van der Waals surface area (Å²) >= 11 is 0. The van der Waals surface area contributed by atoms with Crippen LogP contribution in [0.25, 0.3) is 11.1 Å². The zero-order valence-electron chi connectivity index (χ0n) is 18.8. The van der Waals surface area contributed by atoms with Crippen LogP contribution in [0.3, 0.4) is 0 Å². The number of nitrogens with zero attached hydrogens (tertiary/aromatic N) is 1. The zero-order valence-corrected chi connectivity index (χ0v) is 18.8. The topological polar surface area (TPSA) is 49.4 Å². The summed E-state index contributed by atoms with van der Waals surface area (Å²) < 4.78 is 0. The Hall–Kier alpha value is -3.40. The number of aryl methyl sites for hydroxylation is 2. The number of para-hydroxylation sites is 1. The van der Waals surface area contributed by atoms with Crippen LogP contribution in [0.15, 0.2) is 72.8 Å². The van der Waals surface area contributed by atoms with Gasteiger partial charge in [-0.1, -0.05) is 67.6 Å². The van der Waals surface area contributed by atoms with Gasteiger partial charge in [0, 0.05) is 30.3 Å². The Balaban J connectivity index is 1.35. The van der Waals surface area contributed by atoms with Crippen molar-refractivity contribution >= 4 is 17.5 Å². The zero-order chi connectivity index (χ0) is 22.5. The molecule has 3 aromatic rings. The van der Waals surface area contributed by atoms with E-state index >= 15 is 0 Å². The normalized spacial score (nSPS) is 14.2. The summed E-state index contributed by atoms with van der Waals surface area (Å²) in [5.74, 6) is 0.0350. The van der Waals surface area contributed by atoms with Crippen LogP contribution < -0.4 is 5.32 Å². The van der Waals surface area contributed by atoms with Crippen LogP contribution in [0.2, 0.25) is 0 Å². The van der Waals surface area contributed by atoms with E-state index in [1.807, 2.05) is 66.4 Å². The van der Waals surface area contributed by atoms with Crippen molar-refractivity contribution in [2.24, 2.45) is 5.92 Å². The molecular formula is C28H30N2O2. The van der Waals surface area contributed by atoms with Gasteiger partial charge in [-0.2, -0.15) is 0 Å². The molecule has 0 spiro atoms. The van der Waals surface area contributed by atoms with Gasteiger partial charge in [0.25, 0.3) is 5.91 Å². The van der Waals surface area contributed by atoms with E-state index in [-0.39, 0.29) is 17.7 Å². The Labute approximate surface area is 190 Å². The van der Waals surface area contributed by atoms with Crippen LogP contribution in [0.5, 0.6) is 0 Å². The Morgan fingerprint density at radius 1 is 0.875 bits per heavy atom. The Bertz CT molecular complexity index is 1080. The minimum atomic E-state index is -0.0659. The van der Waals surface area contributed by atoms with Crippen molar-refractivity contribution in [1.29, 1.82) is 0 Å². The number of carbonyl (C=O) groups is 2. The molecule has 0 atom stereocenters. The summed E-state index contributed by atoms with van der Waals surface area (Å²) in [5.41, 5.74) is 6.12. The van der Waals surface area contributed by atoms with Crippen LogP contribution in [0.1, 0.15) is 41.3 Å². The molecule has 0 unspecified atom stereocenters. The highest BCUT2D eigenvalue weighted by Crippen LogP contribution is 2.26. The lowest BCUT2D eigenvalue weighted by Crippen LogP contribution is -2.41. The van der Waals surface area contributed by atoms with Gasteiger partial charge in [0.2, 0.25) is 5.91 Å². The second kappa shape index (κ2) is 9.82. The lowest BCUT2D eigenvalue weighted by molar-refractivity contribution is -0.121. The largest absolute Gasteiger partial charge is 0.339 e. The summed E-state index contributed by atoms with van der Waals surface area (Å²) in [6, 6.07) is 24.0. The van der Waals surface area contributed by atoms with Crippen molar-refractivity contribution in [2.75, 3.05) is 18.4 Å². The number of benzene rings is 3. The fraction of sp³-hybridized carbons (Fsp3) is 0.286. The average Bonchev–Trinajstić information content (AvgIpc) is 2.85. The molecule has 1 saturated heterocycles. The molecule has 164 valence electrons. The van der Waals surface area contributed by atoms with E-state index in [0.717, 1.165) is 34.4 Å². The highest BCUT2D eigenvalue weighted by atomic mass is 16.2. The quantitative estimate of drug-likeness (QED) is 0.568. The molecular weight excluding hydrogens is 396 g/mol. The van der Waals surface area contributed by atoms with Crippen molar-refractivity contribution in [3.8, 4) is 11.1 Å². The average molecular weight is 427 g/mol. The summed E-state index contributed by atoms with van der Waals surface area (Å²) in [6.07, 6.45) is 2.26. The van der Waals surface area contributed by atoms with E-state index in [0.29, 0.717) is 31.5 Å². The van der Waals surface area contributed by atoms with Gasteiger partial charge >= 0.3 is 0 Å². The second-order valence-corrected chi connectivity index (χ2v) is 8.46. The van der Waals surface area contributed by atoms with Gasteiger partial charge in [0.1, 0.15) is 0 Å². The number of amides is 2. The minimum absolute atomic E-state index is 0.0376. The highest BCUT2D eigenvalue weighted by molar-refractivity contribution is 5.96. The van der Waals surface area contributed by atoms with Gasteiger partial charge < -0.3 is 10.2 Å². The first-order chi connectivity index (χ1) is 15.6. The molecule has 1 N–H and O–H groups in total. The molecule has 2 amide bonds. The van der Waals surface area contributed by atoms with Crippen LogP contribution in [-0.4, -0.2) is 29.8 Å². The number of hydrogen-bond donors (Lipinski definition) is 1. The molecule has 1 aliphatic heterocycles. The molecule has 0 aliphatic carbocycles. The monoisotopic (exact) mass is 426 g/mol. The number of piperidine rings is 1. The third-order valence-electron chi connectivity index (χ3n) is 6.38. The maximum absolute atomic E-state index is 13.0. The molecule has 1 fully saturated rings. The van der Waals surface area contributed by atoms with E-state index in [4.69, 9.17) is 0 Å². The summed E-state index contributed by atoms with van der Waals surface area (Å²) in [4.78, 5) is 27.7. The first kappa shape index (κ1) is 21.8. The molecule has 3 aromatic carbocycles. The fourth-order valence-electron chi connectivity index (χ4n) is 4.39. The van der Waals surface area contributed by atoms with E-state index in [1.165, 1.54) is 0 Å². The number of nitrogens with one attached hydrogen (secondary N) is 1. The predicted octanol–water partition coefficient (Wildman–Crippen LogP) is 5.72. The third-order valence-corrected chi connectivity index (χ3v) is 6.38. The van der Waals surface area contributed by atoms with E-state index in [9.17, 15) is 9.59 Å². The molecule has 0 aromatic heterocycles. The predicted molar refractivity (Wildman–Crippen MR) is 130 cm³/mol. The molecule has 4 nitrogen and oxygen atoms in total. The first-order valence-corrected chi connectivity index (χ1v) is 11.4. The SMILES string of the molecule is CCc1cccc(C)c1NC(=O)C1CCN(C(=O)c2ccc(-c3ccccc3)cc2)CC1. The van der Waals surface area contributed by atoms with Gasteiger partial charge in [0.05, 0.1) is 0 Å². The van der Waals surface area contributed by atoms with Gasteiger partial charge in [-0.15, -0.1) is 0 Å². The number of carbonyl (C=O) groups excluding carboxylic acids is 2. The number of rotatable bonds is 5. The van der Waals surface area contributed by atoms with E-state index in [2.05, 4.69) is 30.4 Å². The van der Waals surface area contributed by atoms with Crippen LogP contribution in [0.4, 0.5) is 5.69 Å². The van der Waals surface area contributed by atoms with Gasteiger partial charge in [-0.05, 0) is 60.6 Å². The van der Waals surface area contributed by atoms with Crippen LogP contribution >= 0.6 is 0 Å². The van der Waals surface area contributed by atoms with Crippen LogP contribution in [0, 0.1) is 12.8 Å². The standard InChI is InChI=1S/C28H30N2O2/c1-3-21-11-7-8-20(2)26(21)29-27(31)24-16-18-30(19-17-24)28(32)25-14-12-23(13-15-25)22-9-5-4-6-10-22/h4-15,24H,3,16-19H2,1-2H3,(H,29,31). The molecule has 1 heterocycles. The van der Waals surface area contributed by atoms with Crippen LogP contribution in [-0.2, 0) is 11.2 Å². The first-order valence-electron chi connectivity index (χ1n) is 11.4. The van der Waals surface area contributed by atoms with Gasteiger partial charge in [0.15, 0.2) is 0 Å². The highest BCUT2D eigenvalue weighted by Gasteiger charge is 2.28. The van der Waals surface area contributed by atoms with Crippen molar-refractivity contribution in [3.05, 3.63) is 89.5 Å². The Morgan fingerprint density at radius 3 is 2.19 bits per heavy atom. The molecule has 1 aliphatic rings. The molecule has 32 heavy (non-hydrogen) atoms. The smallest absolute Gasteiger partial charge is 0.253 e. The third kappa shape index (κ3) is 4.75. The molecule has 0 saturated carbocycles. The summed E-state index contributed by atoms with van der Waals surface area (Å²) in [6.45, 7) is 5.33. The lowest BCUT2D eigenvalue weighted by Gasteiger charge is -2.31. The maximum Gasteiger partial charge on any atom is 0.253 e. The molecule has 0 radical (unpaired) electrons. The number of anilines is 1. The van der Waals surface area contributed by atoms with Crippen molar-refractivity contribution in [1.82, 2.24) is 4.90 Å². The van der Waals surface area contributed by atoms with Crippen molar-refractivity contribution in [3.63, 3.8) is 0 Å².